The van der Waals surface area contributed by atoms with E-state index in [0.717, 1.165) is 37.0 Å². The average Bonchev–Trinajstić information content (AvgIpc) is 2.59. The van der Waals surface area contributed by atoms with Crippen LogP contribution in [0.2, 0.25) is 0 Å². The maximum Gasteiger partial charge on any atom is 0.139 e. The summed E-state index contributed by atoms with van der Waals surface area (Å²) in [5.74, 6) is 7.57. The van der Waals surface area contributed by atoms with Gasteiger partial charge in [0.15, 0.2) is 0 Å². The number of benzene rings is 2. The van der Waals surface area contributed by atoms with E-state index in [0.29, 0.717) is 0 Å². The molecule has 1 heteroatoms. The Bertz CT molecular complexity index is 676. The molecule has 112 valence electrons. The summed E-state index contributed by atoms with van der Waals surface area (Å²) in [6.45, 7) is 2.19. The van der Waals surface area contributed by atoms with E-state index >= 15 is 0 Å². The Labute approximate surface area is 133 Å². The van der Waals surface area contributed by atoms with Crippen LogP contribution in [-0.4, -0.2) is 0 Å². The highest BCUT2D eigenvalue weighted by Gasteiger charge is 2.22. The first-order chi connectivity index (χ1) is 10.9. The first-order valence-corrected chi connectivity index (χ1v) is 8.21. The second kappa shape index (κ2) is 7.18. The molecule has 1 heterocycles. The van der Waals surface area contributed by atoms with Crippen molar-refractivity contribution >= 4 is 0 Å². The van der Waals surface area contributed by atoms with E-state index in [2.05, 4.69) is 61.2 Å². The Morgan fingerprint density at radius 1 is 1.09 bits per heavy atom. The minimum absolute atomic E-state index is 0.146. The summed E-state index contributed by atoms with van der Waals surface area (Å²) in [5.41, 5.74) is 3.57. The maximum absolute atomic E-state index is 6.30. The van der Waals surface area contributed by atoms with Gasteiger partial charge in [-0.2, -0.15) is 0 Å². The number of unbranched alkanes of at least 4 members (excludes halogenated alkanes) is 2. The van der Waals surface area contributed by atoms with Gasteiger partial charge in [0.05, 0.1) is 5.56 Å². The quantitative estimate of drug-likeness (QED) is 0.551. The first-order valence-electron chi connectivity index (χ1n) is 8.21. The normalized spacial score (nSPS) is 16.1. The summed E-state index contributed by atoms with van der Waals surface area (Å²) < 4.78 is 6.30. The van der Waals surface area contributed by atoms with E-state index in [-0.39, 0.29) is 6.10 Å². The van der Waals surface area contributed by atoms with Gasteiger partial charge in [-0.25, -0.2) is 0 Å². The first kappa shape index (κ1) is 14.7. The SMILES string of the molecule is CCCCC#Cc1cccc2c1O[C@@H](c1ccccc1)CC2. The highest BCUT2D eigenvalue weighted by molar-refractivity contribution is 5.52. The van der Waals surface area contributed by atoms with Crippen LogP contribution in [0, 0.1) is 11.8 Å². The minimum atomic E-state index is 0.146. The molecule has 0 aromatic heterocycles. The number of fused-ring (bicyclic) bond motifs is 1. The number of ether oxygens (including phenoxy) is 1. The van der Waals surface area contributed by atoms with Crippen molar-refractivity contribution < 1.29 is 4.74 Å². The van der Waals surface area contributed by atoms with Gasteiger partial charge in [-0.1, -0.05) is 67.6 Å². The fraction of sp³-hybridized carbons (Fsp3) is 0.333. The molecule has 0 saturated carbocycles. The summed E-state index contributed by atoms with van der Waals surface area (Å²) in [7, 11) is 0. The van der Waals surface area contributed by atoms with Crippen molar-refractivity contribution in [3.8, 4) is 17.6 Å². The van der Waals surface area contributed by atoms with Gasteiger partial charge in [0, 0.05) is 6.42 Å². The van der Waals surface area contributed by atoms with Crippen molar-refractivity contribution in [1.82, 2.24) is 0 Å². The average molecular weight is 290 g/mol. The summed E-state index contributed by atoms with van der Waals surface area (Å²) in [4.78, 5) is 0. The van der Waals surface area contributed by atoms with Crippen LogP contribution < -0.4 is 4.74 Å². The molecule has 0 unspecified atom stereocenters. The molecule has 0 aliphatic carbocycles. The topological polar surface area (TPSA) is 9.23 Å². The lowest BCUT2D eigenvalue weighted by Crippen LogP contribution is -2.16. The lowest BCUT2D eigenvalue weighted by molar-refractivity contribution is 0.176. The van der Waals surface area contributed by atoms with E-state index in [1.165, 1.54) is 17.5 Å². The Hall–Kier alpha value is -2.20. The number of para-hydroxylation sites is 1. The minimum Gasteiger partial charge on any atom is -0.484 e. The van der Waals surface area contributed by atoms with Crippen molar-refractivity contribution in [3.05, 3.63) is 65.2 Å². The highest BCUT2D eigenvalue weighted by atomic mass is 16.5. The Kier molecular flexibility index (Phi) is 4.81. The van der Waals surface area contributed by atoms with Gasteiger partial charge in [-0.15, -0.1) is 0 Å². The molecule has 0 N–H and O–H groups in total. The van der Waals surface area contributed by atoms with Crippen LogP contribution >= 0.6 is 0 Å². The smallest absolute Gasteiger partial charge is 0.139 e. The predicted octanol–water partition coefficient (Wildman–Crippen LogP) is 5.29. The van der Waals surface area contributed by atoms with E-state index in [9.17, 15) is 0 Å². The zero-order chi connectivity index (χ0) is 15.2. The van der Waals surface area contributed by atoms with Crippen LogP contribution in [0.3, 0.4) is 0 Å². The van der Waals surface area contributed by atoms with E-state index < -0.39 is 0 Å². The van der Waals surface area contributed by atoms with Gasteiger partial charge >= 0.3 is 0 Å². The van der Waals surface area contributed by atoms with Crippen LogP contribution in [0.25, 0.3) is 0 Å². The summed E-state index contributed by atoms with van der Waals surface area (Å²) >= 11 is 0. The molecule has 1 atom stereocenters. The van der Waals surface area contributed by atoms with Gasteiger partial charge < -0.3 is 4.74 Å². The van der Waals surface area contributed by atoms with Crippen LogP contribution in [-0.2, 0) is 6.42 Å². The summed E-state index contributed by atoms with van der Waals surface area (Å²) in [6, 6.07) is 16.8. The van der Waals surface area contributed by atoms with E-state index in [1.807, 2.05) is 6.07 Å². The molecule has 0 bridgehead atoms. The van der Waals surface area contributed by atoms with Gasteiger partial charge in [-0.3, -0.25) is 0 Å². The number of rotatable bonds is 3. The fourth-order valence-electron chi connectivity index (χ4n) is 2.83. The monoisotopic (exact) mass is 290 g/mol. The lowest BCUT2D eigenvalue weighted by Gasteiger charge is -2.27. The lowest BCUT2D eigenvalue weighted by atomic mass is 9.95. The zero-order valence-corrected chi connectivity index (χ0v) is 13.1. The molecule has 0 saturated heterocycles. The Balaban J connectivity index is 1.84. The summed E-state index contributed by atoms with van der Waals surface area (Å²) in [5, 5.41) is 0. The molecule has 3 rings (SSSR count). The van der Waals surface area contributed by atoms with E-state index in [1.54, 1.807) is 0 Å². The van der Waals surface area contributed by atoms with E-state index in [4.69, 9.17) is 4.74 Å². The van der Waals surface area contributed by atoms with Crippen molar-refractivity contribution in [2.75, 3.05) is 0 Å². The van der Waals surface area contributed by atoms with Crippen LogP contribution in [0.4, 0.5) is 0 Å². The zero-order valence-electron chi connectivity index (χ0n) is 13.1. The maximum atomic E-state index is 6.30. The molecule has 0 fully saturated rings. The van der Waals surface area contributed by atoms with Gasteiger partial charge in [-0.05, 0) is 36.5 Å². The molecular formula is C21H22O. The number of aryl methyl sites for hydroxylation is 1. The third-order valence-electron chi connectivity index (χ3n) is 4.08. The highest BCUT2D eigenvalue weighted by Crippen LogP contribution is 2.36. The molecule has 0 spiro atoms. The van der Waals surface area contributed by atoms with Crippen LogP contribution in [0.1, 0.15) is 55.4 Å². The molecule has 0 radical (unpaired) electrons. The summed E-state index contributed by atoms with van der Waals surface area (Å²) in [6.07, 6.45) is 5.54. The van der Waals surface area contributed by atoms with Gasteiger partial charge in [0.1, 0.15) is 11.9 Å². The Morgan fingerprint density at radius 3 is 2.77 bits per heavy atom. The fourth-order valence-corrected chi connectivity index (χ4v) is 2.83. The van der Waals surface area contributed by atoms with Gasteiger partial charge in [0.25, 0.3) is 0 Å². The molecule has 2 aromatic carbocycles. The van der Waals surface area contributed by atoms with Crippen molar-refractivity contribution in [1.29, 1.82) is 0 Å². The molecule has 0 amide bonds. The van der Waals surface area contributed by atoms with Crippen molar-refractivity contribution in [3.63, 3.8) is 0 Å². The third-order valence-corrected chi connectivity index (χ3v) is 4.08. The van der Waals surface area contributed by atoms with Crippen molar-refractivity contribution in [2.45, 2.75) is 45.1 Å². The number of hydrogen-bond acceptors (Lipinski definition) is 1. The second-order valence-corrected chi connectivity index (χ2v) is 5.76. The molecule has 2 aromatic rings. The van der Waals surface area contributed by atoms with Gasteiger partial charge in [0.2, 0.25) is 0 Å². The molecule has 1 aliphatic rings. The molecule has 1 nitrogen and oxygen atoms in total. The molecule has 1 aliphatic heterocycles. The molecule has 22 heavy (non-hydrogen) atoms. The standard InChI is InChI=1S/C21H22O/c1-2-3-4-6-12-18-13-9-14-19-15-16-20(22-21(18)19)17-10-7-5-8-11-17/h5,7-11,13-14,20H,2-4,15-16H2,1H3/t20-/m1/s1. The second-order valence-electron chi connectivity index (χ2n) is 5.76. The van der Waals surface area contributed by atoms with Crippen molar-refractivity contribution in [2.24, 2.45) is 0 Å². The number of hydrogen-bond donors (Lipinski definition) is 0. The molecular weight excluding hydrogens is 268 g/mol. The third kappa shape index (κ3) is 3.34. The Morgan fingerprint density at radius 2 is 1.95 bits per heavy atom. The van der Waals surface area contributed by atoms with Crippen LogP contribution in [0.5, 0.6) is 5.75 Å². The predicted molar refractivity (Wildman–Crippen MR) is 91.0 cm³/mol. The van der Waals surface area contributed by atoms with Crippen LogP contribution in [0.15, 0.2) is 48.5 Å². The largest absolute Gasteiger partial charge is 0.484 e.